The zero-order valence-electron chi connectivity index (χ0n) is 11.2. The maximum atomic E-state index is 13.3. The molecule has 5 heteroatoms. The summed E-state index contributed by atoms with van der Waals surface area (Å²) >= 11 is 0. The van der Waals surface area contributed by atoms with Gasteiger partial charge >= 0.3 is 0 Å². The van der Waals surface area contributed by atoms with Gasteiger partial charge in [0.2, 0.25) is 0 Å². The first-order valence-electron chi connectivity index (χ1n) is 6.58. The normalized spacial score (nSPS) is 15.2. The lowest BCUT2D eigenvalue weighted by atomic mass is 10.1. The number of rotatable bonds is 1. The van der Waals surface area contributed by atoms with E-state index in [0.29, 0.717) is 37.4 Å². The highest BCUT2D eigenvalue weighted by molar-refractivity contribution is 5.96. The van der Waals surface area contributed by atoms with Gasteiger partial charge in [0, 0.05) is 25.3 Å². The summed E-state index contributed by atoms with van der Waals surface area (Å²) in [6.07, 6.45) is 0.802. The molecule has 2 rings (SSSR count). The molecule has 0 radical (unpaired) electrons. The van der Waals surface area contributed by atoms with Crippen molar-refractivity contribution in [3.8, 4) is 11.8 Å². The van der Waals surface area contributed by atoms with Crippen LogP contribution in [0.4, 0.5) is 4.39 Å². The second kappa shape index (κ2) is 7.04. The third-order valence-corrected chi connectivity index (χ3v) is 3.05. The molecule has 1 amide bonds. The standard InChI is InChI=1S/C15H17FN2O2/c16-13-4-5-14(12(11-13)3-1-6-17)15(19)18-7-2-9-20-10-8-18/h4-5,11H,2,6-10,17H2. The molecule has 0 aromatic heterocycles. The van der Waals surface area contributed by atoms with Gasteiger partial charge in [0.25, 0.3) is 5.91 Å². The Kier molecular flexibility index (Phi) is 5.10. The Labute approximate surface area is 117 Å². The highest BCUT2D eigenvalue weighted by Crippen LogP contribution is 2.14. The van der Waals surface area contributed by atoms with E-state index < -0.39 is 5.82 Å². The summed E-state index contributed by atoms with van der Waals surface area (Å²) in [6, 6.07) is 4.02. The number of nitrogens with zero attached hydrogens (tertiary/aromatic N) is 1. The van der Waals surface area contributed by atoms with Crippen LogP contribution in [0.5, 0.6) is 0 Å². The van der Waals surface area contributed by atoms with Crippen molar-refractivity contribution in [2.24, 2.45) is 5.73 Å². The number of carbonyl (C=O) groups excluding carboxylic acids is 1. The number of benzene rings is 1. The van der Waals surface area contributed by atoms with Crippen LogP contribution in [0.2, 0.25) is 0 Å². The average Bonchev–Trinajstić information content (AvgIpc) is 2.73. The molecular weight excluding hydrogens is 259 g/mol. The summed E-state index contributed by atoms with van der Waals surface area (Å²) in [5.41, 5.74) is 6.12. The largest absolute Gasteiger partial charge is 0.380 e. The van der Waals surface area contributed by atoms with Crippen molar-refractivity contribution in [2.45, 2.75) is 6.42 Å². The lowest BCUT2D eigenvalue weighted by Gasteiger charge is -2.20. The molecule has 0 atom stereocenters. The first-order chi connectivity index (χ1) is 9.72. The van der Waals surface area contributed by atoms with Crippen LogP contribution in [0, 0.1) is 17.7 Å². The first kappa shape index (κ1) is 14.5. The summed E-state index contributed by atoms with van der Waals surface area (Å²) in [7, 11) is 0. The van der Waals surface area contributed by atoms with Crippen molar-refractivity contribution in [1.29, 1.82) is 0 Å². The number of carbonyl (C=O) groups is 1. The fourth-order valence-electron chi connectivity index (χ4n) is 2.07. The van der Waals surface area contributed by atoms with Gasteiger partial charge in [-0.05, 0) is 24.6 Å². The van der Waals surface area contributed by atoms with E-state index in [9.17, 15) is 9.18 Å². The minimum atomic E-state index is -0.415. The third-order valence-electron chi connectivity index (χ3n) is 3.05. The van der Waals surface area contributed by atoms with Gasteiger partial charge in [0.1, 0.15) is 5.82 Å². The summed E-state index contributed by atoms with van der Waals surface area (Å²) in [6.45, 7) is 2.53. The van der Waals surface area contributed by atoms with Crippen molar-refractivity contribution in [2.75, 3.05) is 32.8 Å². The molecule has 1 aliphatic heterocycles. The predicted molar refractivity (Wildman–Crippen MR) is 73.7 cm³/mol. The van der Waals surface area contributed by atoms with Crippen molar-refractivity contribution in [3.05, 3.63) is 35.1 Å². The molecular formula is C15H17FN2O2. The molecule has 106 valence electrons. The van der Waals surface area contributed by atoms with Crippen LogP contribution in [-0.4, -0.2) is 43.7 Å². The van der Waals surface area contributed by atoms with Crippen molar-refractivity contribution < 1.29 is 13.9 Å². The minimum absolute atomic E-state index is 0.142. The van der Waals surface area contributed by atoms with E-state index in [1.54, 1.807) is 4.90 Å². The summed E-state index contributed by atoms with van der Waals surface area (Å²) < 4.78 is 18.6. The van der Waals surface area contributed by atoms with Gasteiger partial charge in [0.05, 0.1) is 18.7 Å². The minimum Gasteiger partial charge on any atom is -0.380 e. The van der Waals surface area contributed by atoms with E-state index in [2.05, 4.69) is 11.8 Å². The SMILES string of the molecule is NCC#Cc1cc(F)ccc1C(=O)N1CCCOCC1. The highest BCUT2D eigenvalue weighted by Gasteiger charge is 2.20. The monoisotopic (exact) mass is 276 g/mol. The zero-order valence-corrected chi connectivity index (χ0v) is 11.2. The maximum absolute atomic E-state index is 13.3. The Morgan fingerprint density at radius 2 is 2.25 bits per heavy atom. The average molecular weight is 276 g/mol. The van der Waals surface area contributed by atoms with Gasteiger partial charge in [-0.15, -0.1) is 0 Å². The van der Waals surface area contributed by atoms with Crippen LogP contribution in [0.15, 0.2) is 18.2 Å². The van der Waals surface area contributed by atoms with E-state index >= 15 is 0 Å². The van der Waals surface area contributed by atoms with Gasteiger partial charge in [0.15, 0.2) is 0 Å². The Bertz CT molecular complexity index is 541. The first-order valence-corrected chi connectivity index (χ1v) is 6.58. The molecule has 4 nitrogen and oxygen atoms in total. The van der Waals surface area contributed by atoms with E-state index in [-0.39, 0.29) is 12.5 Å². The molecule has 2 N–H and O–H groups in total. The molecule has 1 aromatic carbocycles. The molecule has 0 spiro atoms. The molecule has 20 heavy (non-hydrogen) atoms. The summed E-state index contributed by atoms with van der Waals surface area (Å²) in [4.78, 5) is 14.2. The van der Waals surface area contributed by atoms with Crippen LogP contribution in [0.1, 0.15) is 22.3 Å². The number of amides is 1. The number of nitrogens with two attached hydrogens (primary N) is 1. The quantitative estimate of drug-likeness (QED) is 0.779. The van der Waals surface area contributed by atoms with Gasteiger partial charge in [-0.3, -0.25) is 4.79 Å². The molecule has 1 fully saturated rings. The molecule has 1 heterocycles. The van der Waals surface area contributed by atoms with Gasteiger partial charge < -0.3 is 15.4 Å². The van der Waals surface area contributed by atoms with Crippen LogP contribution in [0.25, 0.3) is 0 Å². The second-order valence-corrected chi connectivity index (χ2v) is 4.45. The van der Waals surface area contributed by atoms with E-state index in [4.69, 9.17) is 10.5 Å². The Morgan fingerprint density at radius 1 is 1.40 bits per heavy atom. The number of ether oxygens (including phenoxy) is 1. The van der Waals surface area contributed by atoms with Crippen LogP contribution in [-0.2, 0) is 4.74 Å². The van der Waals surface area contributed by atoms with E-state index in [1.165, 1.54) is 18.2 Å². The van der Waals surface area contributed by atoms with Crippen LogP contribution in [0.3, 0.4) is 0 Å². The fourth-order valence-corrected chi connectivity index (χ4v) is 2.07. The molecule has 0 unspecified atom stereocenters. The Balaban J connectivity index is 2.28. The highest BCUT2D eigenvalue weighted by atomic mass is 19.1. The van der Waals surface area contributed by atoms with Crippen molar-refractivity contribution in [3.63, 3.8) is 0 Å². The summed E-state index contributed by atoms with van der Waals surface area (Å²) in [5.74, 6) is 4.86. The second-order valence-electron chi connectivity index (χ2n) is 4.45. The molecule has 0 bridgehead atoms. The lowest BCUT2D eigenvalue weighted by molar-refractivity contribution is 0.0741. The molecule has 1 saturated heterocycles. The topological polar surface area (TPSA) is 55.6 Å². The molecule has 1 aliphatic rings. The Hall–Kier alpha value is -1.90. The molecule has 1 aromatic rings. The van der Waals surface area contributed by atoms with E-state index in [1.807, 2.05) is 0 Å². The zero-order chi connectivity index (χ0) is 14.4. The predicted octanol–water partition coefficient (Wildman–Crippen LogP) is 0.998. The lowest BCUT2D eigenvalue weighted by Crippen LogP contribution is -2.33. The molecule has 0 aliphatic carbocycles. The third kappa shape index (κ3) is 3.56. The van der Waals surface area contributed by atoms with Gasteiger partial charge in [-0.2, -0.15) is 0 Å². The summed E-state index contributed by atoms with van der Waals surface area (Å²) in [5, 5.41) is 0. The van der Waals surface area contributed by atoms with Gasteiger partial charge in [-0.1, -0.05) is 11.8 Å². The maximum Gasteiger partial charge on any atom is 0.255 e. The van der Waals surface area contributed by atoms with Gasteiger partial charge in [-0.25, -0.2) is 4.39 Å². The van der Waals surface area contributed by atoms with Crippen LogP contribution < -0.4 is 5.73 Å². The number of hydrogen-bond donors (Lipinski definition) is 1. The van der Waals surface area contributed by atoms with E-state index in [0.717, 1.165) is 6.42 Å². The smallest absolute Gasteiger partial charge is 0.255 e. The number of halogens is 1. The number of hydrogen-bond acceptors (Lipinski definition) is 3. The van der Waals surface area contributed by atoms with Crippen molar-refractivity contribution >= 4 is 5.91 Å². The fraction of sp³-hybridized carbons (Fsp3) is 0.400. The molecule has 0 saturated carbocycles. The Morgan fingerprint density at radius 3 is 3.05 bits per heavy atom. The van der Waals surface area contributed by atoms with Crippen LogP contribution >= 0.6 is 0 Å². The van der Waals surface area contributed by atoms with Crippen molar-refractivity contribution in [1.82, 2.24) is 4.90 Å².